The van der Waals surface area contributed by atoms with Crippen LogP contribution in [0.5, 0.6) is 0 Å². The second-order valence-electron chi connectivity index (χ2n) is 8.30. The van der Waals surface area contributed by atoms with Gasteiger partial charge in [0, 0.05) is 5.41 Å². The van der Waals surface area contributed by atoms with E-state index in [-0.39, 0.29) is 11.5 Å². The zero-order valence-electron chi connectivity index (χ0n) is 13.8. The topological polar surface area (TPSA) is 29.1 Å². The van der Waals surface area contributed by atoms with E-state index < -0.39 is 0 Å². The van der Waals surface area contributed by atoms with Crippen molar-refractivity contribution in [1.82, 2.24) is 5.32 Å². The Morgan fingerprint density at radius 1 is 1.05 bits per heavy atom. The molecule has 4 fully saturated rings. The third-order valence-corrected chi connectivity index (χ3v) is 6.44. The number of rotatable bonds is 3. The molecule has 1 atom stereocenters. The highest BCUT2D eigenvalue weighted by Crippen LogP contribution is 2.60. The Kier molecular flexibility index (Phi) is 3.32. The van der Waals surface area contributed by atoms with E-state index >= 15 is 0 Å². The van der Waals surface area contributed by atoms with E-state index in [1.807, 2.05) is 0 Å². The fourth-order valence-electron chi connectivity index (χ4n) is 5.68. The highest BCUT2D eigenvalue weighted by atomic mass is 16.2. The van der Waals surface area contributed by atoms with Crippen molar-refractivity contribution in [2.75, 3.05) is 0 Å². The number of aryl methyl sites for hydroxylation is 1. The number of carbonyl (C=O) groups is 1. The van der Waals surface area contributed by atoms with Crippen molar-refractivity contribution >= 4 is 5.91 Å². The first-order chi connectivity index (χ1) is 10.5. The van der Waals surface area contributed by atoms with Gasteiger partial charge in [0.05, 0.1) is 6.04 Å². The molecular formula is C20H27NO. The van der Waals surface area contributed by atoms with Gasteiger partial charge in [-0.3, -0.25) is 4.79 Å². The minimum Gasteiger partial charge on any atom is -0.349 e. The summed E-state index contributed by atoms with van der Waals surface area (Å²) >= 11 is 0. The van der Waals surface area contributed by atoms with Crippen LogP contribution in [0.2, 0.25) is 0 Å². The maximum atomic E-state index is 13.0. The SMILES string of the molecule is Cc1ccc([C@@H](C)NC(=O)C23CC4CC(CC(C4)C2)C3)cc1. The third kappa shape index (κ3) is 2.37. The summed E-state index contributed by atoms with van der Waals surface area (Å²) in [5.41, 5.74) is 2.44. The Bertz CT molecular complexity index is 539. The molecule has 4 bridgehead atoms. The molecule has 22 heavy (non-hydrogen) atoms. The molecular weight excluding hydrogens is 270 g/mol. The van der Waals surface area contributed by atoms with Crippen LogP contribution in [-0.2, 0) is 4.79 Å². The van der Waals surface area contributed by atoms with Crippen LogP contribution >= 0.6 is 0 Å². The predicted octanol–water partition coefficient (Wildman–Crippen LogP) is 4.39. The summed E-state index contributed by atoms with van der Waals surface area (Å²) in [6, 6.07) is 8.65. The lowest BCUT2D eigenvalue weighted by Crippen LogP contribution is -2.53. The maximum Gasteiger partial charge on any atom is 0.226 e. The summed E-state index contributed by atoms with van der Waals surface area (Å²) in [5, 5.41) is 3.33. The predicted molar refractivity (Wildman–Crippen MR) is 88.3 cm³/mol. The second kappa shape index (κ2) is 5.11. The molecule has 5 rings (SSSR count). The van der Waals surface area contributed by atoms with Gasteiger partial charge in [0.15, 0.2) is 0 Å². The zero-order chi connectivity index (χ0) is 15.3. The molecule has 0 aliphatic heterocycles. The Labute approximate surface area is 133 Å². The van der Waals surface area contributed by atoms with Crippen LogP contribution in [0.3, 0.4) is 0 Å². The molecule has 0 spiro atoms. The normalized spacial score (nSPS) is 37.1. The lowest BCUT2D eigenvalue weighted by Gasteiger charge is -2.55. The molecule has 1 N–H and O–H groups in total. The van der Waals surface area contributed by atoms with Crippen molar-refractivity contribution in [1.29, 1.82) is 0 Å². The van der Waals surface area contributed by atoms with Crippen molar-refractivity contribution in [2.45, 2.75) is 58.4 Å². The minimum absolute atomic E-state index is 0.0340. The number of hydrogen-bond acceptors (Lipinski definition) is 1. The summed E-state index contributed by atoms with van der Waals surface area (Å²) in [6.07, 6.45) is 7.60. The number of hydrogen-bond donors (Lipinski definition) is 1. The molecule has 2 nitrogen and oxygen atoms in total. The molecule has 0 unspecified atom stereocenters. The van der Waals surface area contributed by atoms with E-state index in [9.17, 15) is 4.79 Å². The van der Waals surface area contributed by atoms with Crippen molar-refractivity contribution in [3.05, 3.63) is 35.4 Å². The lowest BCUT2D eigenvalue weighted by molar-refractivity contribution is -0.147. The molecule has 4 aliphatic rings. The zero-order valence-corrected chi connectivity index (χ0v) is 13.8. The average Bonchev–Trinajstić information content (AvgIpc) is 2.46. The molecule has 0 radical (unpaired) electrons. The Balaban J connectivity index is 1.49. The van der Waals surface area contributed by atoms with Gasteiger partial charge in [-0.2, -0.15) is 0 Å². The van der Waals surface area contributed by atoms with Crippen LogP contribution < -0.4 is 5.32 Å². The first-order valence-corrected chi connectivity index (χ1v) is 8.92. The largest absolute Gasteiger partial charge is 0.349 e. The van der Waals surface area contributed by atoms with Crippen molar-refractivity contribution in [3.63, 3.8) is 0 Å². The quantitative estimate of drug-likeness (QED) is 0.881. The summed E-state index contributed by atoms with van der Waals surface area (Å²) in [6.45, 7) is 4.21. The summed E-state index contributed by atoms with van der Waals surface area (Å²) in [4.78, 5) is 13.0. The molecule has 0 heterocycles. The number of benzene rings is 1. The molecule has 4 saturated carbocycles. The first-order valence-electron chi connectivity index (χ1n) is 8.92. The van der Waals surface area contributed by atoms with Gasteiger partial charge in [-0.15, -0.1) is 0 Å². The van der Waals surface area contributed by atoms with Crippen LogP contribution in [0, 0.1) is 30.1 Å². The number of amides is 1. The summed E-state index contributed by atoms with van der Waals surface area (Å²) in [7, 11) is 0. The standard InChI is InChI=1S/C20H27NO/c1-13-3-5-18(6-4-13)14(2)21-19(22)20-10-15-7-16(11-20)9-17(8-15)12-20/h3-6,14-17H,7-12H2,1-2H3,(H,21,22)/t14-,15?,16?,17?,20?/m1/s1. The summed E-state index contributed by atoms with van der Waals surface area (Å²) in [5.74, 6) is 2.81. The van der Waals surface area contributed by atoms with Crippen molar-refractivity contribution in [2.24, 2.45) is 23.2 Å². The Morgan fingerprint density at radius 2 is 1.55 bits per heavy atom. The highest BCUT2D eigenvalue weighted by Gasteiger charge is 2.54. The van der Waals surface area contributed by atoms with Crippen LogP contribution in [-0.4, -0.2) is 5.91 Å². The molecule has 0 aromatic heterocycles. The van der Waals surface area contributed by atoms with Gasteiger partial charge in [0.1, 0.15) is 0 Å². The van der Waals surface area contributed by atoms with Gasteiger partial charge in [0.2, 0.25) is 5.91 Å². The fraction of sp³-hybridized carbons (Fsp3) is 0.650. The molecule has 2 heteroatoms. The summed E-state index contributed by atoms with van der Waals surface area (Å²) < 4.78 is 0. The van der Waals surface area contributed by atoms with Crippen LogP contribution in [0.25, 0.3) is 0 Å². The average molecular weight is 297 g/mol. The smallest absolute Gasteiger partial charge is 0.226 e. The van der Waals surface area contributed by atoms with Gasteiger partial charge in [-0.1, -0.05) is 29.8 Å². The van der Waals surface area contributed by atoms with Gasteiger partial charge >= 0.3 is 0 Å². The number of carbonyl (C=O) groups excluding carboxylic acids is 1. The van der Waals surface area contributed by atoms with E-state index in [1.54, 1.807) is 0 Å². The lowest BCUT2D eigenvalue weighted by atomic mass is 9.49. The molecule has 4 aliphatic carbocycles. The van der Waals surface area contributed by atoms with Gasteiger partial charge in [0.25, 0.3) is 0 Å². The van der Waals surface area contributed by atoms with Crippen LogP contribution in [0.15, 0.2) is 24.3 Å². The highest BCUT2D eigenvalue weighted by molar-refractivity contribution is 5.83. The van der Waals surface area contributed by atoms with Gasteiger partial charge < -0.3 is 5.32 Å². The van der Waals surface area contributed by atoms with E-state index in [0.717, 1.165) is 37.0 Å². The Hall–Kier alpha value is -1.31. The molecule has 118 valence electrons. The fourth-order valence-corrected chi connectivity index (χ4v) is 5.68. The molecule has 1 aromatic rings. The first kappa shape index (κ1) is 14.3. The Morgan fingerprint density at radius 3 is 2.05 bits per heavy atom. The van der Waals surface area contributed by atoms with Crippen molar-refractivity contribution < 1.29 is 4.79 Å². The maximum absolute atomic E-state index is 13.0. The minimum atomic E-state index is -0.0340. The van der Waals surface area contributed by atoms with Crippen LogP contribution in [0.4, 0.5) is 0 Å². The van der Waals surface area contributed by atoms with E-state index in [2.05, 4.69) is 43.4 Å². The van der Waals surface area contributed by atoms with Crippen molar-refractivity contribution in [3.8, 4) is 0 Å². The molecule has 1 aromatic carbocycles. The molecule has 1 amide bonds. The number of nitrogens with one attached hydrogen (secondary N) is 1. The van der Waals surface area contributed by atoms with E-state index in [0.29, 0.717) is 5.91 Å². The van der Waals surface area contributed by atoms with Crippen LogP contribution in [0.1, 0.15) is 62.6 Å². The second-order valence-corrected chi connectivity index (χ2v) is 8.30. The van der Waals surface area contributed by atoms with E-state index in [4.69, 9.17) is 0 Å². The third-order valence-electron chi connectivity index (χ3n) is 6.44. The van der Waals surface area contributed by atoms with Gasteiger partial charge in [-0.05, 0) is 75.7 Å². The molecule has 0 saturated heterocycles. The monoisotopic (exact) mass is 297 g/mol. The van der Waals surface area contributed by atoms with Gasteiger partial charge in [-0.25, -0.2) is 0 Å². The van der Waals surface area contributed by atoms with E-state index in [1.165, 1.54) is 30.4 Å².